The maximum atomic E-state index is 5.27. The van der Waals surface area contributed by atoms with Crippen LogP contribution in [0.5, 0.6) is 0 Å². The van der Waals surface area contributed by atoms with E-state index in [2.05, 4.69) is 4.40 Å². The van der Waals surface area contributed by atoms with Crippen molar-refractivity contribution in [3.63, 3.8) is 0 Å². The van der Waals surface area contributed by atoms with E-state index >= 15 is 0 Å². The van der Waals surface area contributed by atoms with Gasteiger partial charge in [-0.15, -0.1) is 0 Å². The summed E-state index contributed by atoms with van der Waals surface area (Å²) in [5, 5.41) is 1.16. The summed E-state index contributed by atoms with van der Waals surface area (Å²) in [6.07, 6.45) is 3.63. The van der Waals surface area contributed by atoms with Gasteiger partial charge in [-0.25, -0.2) is 0 Å². The average Bonchev–Trinajstić information content (AvgIpc) is 2.58. The number of thiol groups is 1. The van der Waals surface area contributed by atoms with Crippen molar-refractivity contribution in [1.82, 2.24) is 0 Å². The van der Waals surface area contributed by atoms with E-state index in [0.29, 0.717) is 0 Å². The molecule has 1 unspecified atom stereocenters. The van der Waals surface area contributed by atoms with E-state index in [1.807, 2.05) is 6.08 Å². The van der Waals surface area contributed by atoms with Gasteiger partial charge in [0.05, 0.1) is 17.6 Å². The van der Waals surface area contributed by atoms with Crippen LogP contribution in [0.2, 0.25) is 0 Å². The van der Waals surface area contributed by atoms with Gasteiger partial charge in [0, 0.05) is 11.8 Å². The summed E-state index contributed by atoms with van der Waals surface area (Å²) in [5.74, 6) is 2.03. The number of ether oxygens (including phenoxy) is 1. The van der Waals surface area contributed by atoms with Crippen LogP contribution in [0.3, 0.4) is 0 Å². The van der Waals surface area contributed by atoms with E-state index in [1.165, 1.54) is 0 Å². The lowest BCUT2D eigenvalue weighted by molar-refractivity contribution is 0.217. The second-order valence-corrected chi connectivity index (χ2v) is 4.99. The molecule has 0 aromatic carbocycles. The van der Waals surface area contributed by atoms with E-state index in [-0.39, 0.29) is 10.9 Å². The molecule has 2 aliphatic rings. The Kier molecular flexibility index (Phi) is 2.40. The highest BCUT2D eigenvalue weighted by molar-refractivity contribution is 8.30. The molecule has 3 nitrogen and oxygen atoms in total. The molecule has 1 atom stereocenters. The standard InChI is InChI=1S/C6H9NO2S2/c1-2-9-10-7-6(1)11-4-3-8-5-11/h1-2,11H,3-5H2. The van der Waals surface area contributed by atoms with E-state index in [0.717, 1.165) is 35.6 Å². The third kappa shape index (κ3) is 1.72. The smallest absolute Gasteiger partial charge is 0.201 e. The Balaban J connectivity index is 2.02. The van der Waals surface area contributed by atoms with Gasteiger partial charge in [-0.05, 0) is 0 Å². The summed E-state index contributed by atoms with van der Waals surface area (Å²) in [7, 11) is -0.123. The van der Waals surface area contributed by atoms with Gasteiger partial charge in [-0.3, -0.25) is 0 Å². The molecule has 2 aliphatic heterocycles. The van der Waals surface area contributed by atoms with Gasteiger partial charge < -0.3 is 8.92 Å². The highest BCUT2D eigenvalue weighted by Crippen LogP contribution is 2.35. The molecule has 0 bridgehead atoms. The Hall–Kier alpha value is -0.130. The van der Waals surface area contributed by atoms with Crippen molar-refractivity contribution < 1.29 is 8.92 Å². The molecule has 11 heavy (non-hydrogen) atoms. The SMILES string of the molecule is C1=CC([SH]2CCOC2)=NSO1. The summed E-state index contributed by atoms with van der Waals surface area (Å²) in [5.41, 5.74) is 0. The number of rotatable bonds is 0. The van der Waals surface area contributed by atoms with Gasteiger partial charge >= 0.3 is 0 Å². The molecule has 2 rings (SSSR count). The molecule has 0 aromatic heterocycles. The lowest BCUT2D eigenvalue weighted by Crippen LogP contribution is -1.99. The second-order valence-electron chi connectivity index (χ2n) is 2.22. The molecule has 0 amide bonds. The zero-order valence-electron chi connectivity index (χ0n) is 5.90. The fourth-order valence-electron chi connectivity index (χ4n) is 0.961. The predicted octanol–water partition coefficient (Wildman–Crippen LogP) is 1.48. The Morgan fingerprint density at radius 1 is 1.64 bits per heavy atom. The van der Waals surface area contributed by atoms with Gasteiger partial charge in [0.2, 0.25) is 12.2 Å². The van der Waals surface area contributed by atoms with Crippen LogP contribution in [0.15, 0.2) is 16.7 Å². The minimum Gasteiger partial charge on any atom is -0.412 e. The molecule has 1 fully saturated rings. The molecule has 0 aliphatic carbocycles. The number of hydrogen-bond acceptors (Lipinski definition) is 4. The summed E-state index contributed by atoms with van der Waals surface area (Å²) in [6.45, 7) is 0.893. The Bertz CT molecular complexity index is 199. The average molecular weight is 191 g/mol. The third-order valence-corrected chi connectivity index (χ3v) is 4.24. The normalized spacial score (nSPS) is 33.1. The lowest BCUT2D eigenvalue weighted by atomic mass is 10.7. The first kappa shape index (κ1) is 7.52. The van der Waals surface area contributed by atoms with Crippen molar-refractivity contribution in [1.29, 1.82) is 0 Å². The van der Waals surface area contributed by atoms with Crippen molar-refractivity contribution in [3.8, 4) is 0 Å². The predicted molar refractivity (Wildman–Crippen MR) is 49.9 cm³/mol. The van der Waals surface area contributed by atoms with Crippen LogP contribution in [-0.4, -0.2) is 23.3 Å². The molecule has 1 saturated heterocycles. The van der Waals surface area contributed by atoms with E-state index in [9.17, 15) is 0 Å². The Morgan fingerprint density at radius 3 is 3.27 bits per heavy atom. The fraction of sp³-hybridized carbons (Fsp3) is 0.500. The zero-order valence-corrected chi connectivity index (χ0v) is 7.61. The third-order valence-electron chi connectivity index (χ3n) is 1.52. The summed E-state index contributed by atoms with van der Waals surface area (Å²) >= 11 is 1.15. The maximum absolute atomic E-state index is 5.27. The topological polar surface area (TPSA) is 30.8 Å². The Labute approximate surface area is 72.5 Å². The highest BCUT2D eigenvalue weighted by Gasteiger charge is 2.17. The lowest BCUT2D eigenvalue weighted by Gasteiger charge is -2.13. The van der Waals surface area contributed by atoms with Crippen LogP contribution < -0.4 is 0 Å². The van der Waals surface area contributed by atoms with Crippen molar-refractivity contribution in [2.24, 2.45) is 4.40 Å². The summed E-state index contributed by atoms with van der Waals surface area (Å²) < 4.78 is 14.3. The molecule has 2 heterocycles. The first-order valence-electron chi connectivity index (χ1n) is 3.36. The van der Waals surface area contributed by atoms with Gasteiger partial charge in [0.1, 0.15) is 6.26 Å². The van der Waals surface area contributed by atoms with Gasteiger partial charge in [-0.1, -0.05) is 0 Å². The maximum Gasteiger partial charge on any atom is 0.201 e. The molecule has 0 aromatic rings. The van der Waals surface area contributed by atoms with Crippen molar-refractivity contribution >= 4 is 28.2 Å². The molecule has 62 valence electrons. The number of nitrogens with zero attached hydrogens (tertiary/aromatic N) is 1. The highest BCUT2D eigenvalue weighted by atomic mass is 32.2. The molecular weight excluding hydrogens is 182 g/mol. The van der Waals surface area contributed by atoms with Crippen LogP contribution >= 0.6 is 23.1 Å². The summed E-state index contributed by atoms with van der Waals surface area (Å²) in [6, 6.07) is 0. The second kappa shape index (κ2) is 3.51. The minimum absolute atomic E-state index is 0.123. The van der Waals surface area contributed by atoms with E-state index in [4.69, 9.17) is 8.92 Å². The first-order valence-corrected chi connectivity index (χ1v) is 5.77. The largest absolute Gasteiger partial charge is 0.412 e. The van der Waals surface area contributed by atoms with Gasteiger partial charge in [0.15, 0.2) is 0 Å². The zero-order chi connectivity index (χ0) is 7.52. The van der Waals surface area contributed by atoms with Crippen molar-refractivity contribution in [2.45, 2.75) is 0 Å². The van der Waals surface area contributed by atoms with Crippen molar-refractivity contribution in [3.05, 3.63) is 12.3 Å². The van der Waals surface area contributed by atoms with Crippen LogP contribution in [0.4, 0.5) is 0 Å². The van der Waals surface area contributed by atoms with Crippen LogP contribution in [0, 0.1) is 0 Å². The Morgan fingerprint density at radius 2 is 2.64 bits per heavy atom. The monoisotopic (exact) mass is 191 g/mol. The molecule has 0 N–H and O–H groups in total. The first-order chi connectivity index (χ1) is 5.47. The minimum atomic E-state index is -0.123. The van der Waals surface area contributed by atoms with Crippen LogP contribution in [0.25, 0.3) is 0 Å². The van der Waals surface area contributed by atoms with E-state index < -0.39 is 0 Å². The molecular formula is C6H9NO2S2. The van der Waals surface area contributed by atoms with Gasteiger partial charge in [-0.2, -0.15) is 15.3 Å². The fourth-order valence-corrected chi connectivity index (χ4v) is 3.27. The molecule has 0 saturated carbocycles. The van der Waals surface area contributed by atoms with E-state index in [1.54, 1.807) is 6.26 Å². The molecule has 0 spiro atoms. The van der Waals surface area contributed by atoms with Crippen LogP contribution in [-0.2, 0) is 8.92 Å². The molecule has 5 heteroatoms. The molecule has 0 radical (unpaired) electrons. The summed E-state index contributed by atoms with van der Waals surface area (Å²) in [4.78, 5) is 0. The quantitative estimate of drug-likeness (QED) is 0.357. The van der Waals surface area contributed by atoms with Crippen molar-refractivity contribution in [2.75, 3.05) is 18.3 Å². The van der Waals surface area contributed by atoms with Crippen LogP contribution in [0.1, 0.15) is 0 Å². The number of hydrogen-bond donors (Lipinski definition) is 1. The van der Waals surface area contributed by atoms with Gasteiger partial charge in [0.25, 0.3) is 0 Å².